The molecule has 2 aromatic rings. The van der Waals surface area contributed by atoms with Crippen molar-refractivity contribution < 1.29 is 9.53 Å². The number of carbonyl (C=O) groups is 1. The standard InChI is InChI=1S/C15H17BrN4O2/c1-20(2)13-8-12(17-9-18-13)19-15(21)14(22-3)10-6-4-5-7-11(10)16/h4-9,14H,1-3H3,(H,17,18,19,21). The van der Waals surface area contributed by atoms with Crippen LogP contribution in [-0.4, -0.2) is 37.1 Å². The molecule has 0 bridgehead atoms. The van der Waals surface area contributed by atoms with Gasteiger partial charge in [-0.1, -0.05) is 34.1 Å². The van der Waals surface area contributed by atoms with Crippen molar-refractivity contribution in [2.24, 2.45) is 0 Å². The van der Waals surface area contributed by atoms with E-state index >= 15 is 0 Å². The number of carbonyl (C=O) groups excluding carboxylic acids is 1. The monoisotopic (exact) mass is 364 g/mol. The van der Waals surface area contributed by atoms with Gasteiger partial charge in [0.25, 0.3) is 5.91 Å². The van der Waals surface area contributed by atoms with Gasteiger partial charge in [-0.05, 0) is 6.07 Å². The summed E-state index contributed by atoms with van der Waals surface area (Å²) in [5.74, 6) is 0.843. The topological polar surface area (TPSA) is 67.3 Å². The second kappa shape index (κ2) is 7.33. The molecular weight excluding hydrogens is 348 g/mol. The number of aromatic nitrogens is 2. The molecule has 1 heterocycles. The van der Waals surface area contributed by atoms with E-state index in [2.05, 4.69) is 31.2 Å². The van der Waals surface area contributed by atoms with Crippen LogP contribution in [0.3, 0.4) is 0 Å². The maximum atomic E-state index is 12.4. The summed E-state index contributed by atoms with van der Waals surface area (Å²) in [6.07, 6.45) is 0.680. The van der Waals surface area contributed by atoms with Crippen LogP contribution in [0.25, 0.3) is 0 Å². The zero-order valence-electron chi connectivity index (χ0n) is 12.6. The molecular formula is C15H17BrN4O2. The number of hydrogen-bond acceptors (Lipinski definition) is 5. The molecule has 0 radical (unpaired) electrons. The minimum atomic E-state index is -0.728. The largest absolute Gasteiger partial charge is 0.367 e. The fraction of sp³-hybridized carbons (Fsp3) is 0.267. The number of methoxy groups -OCH3 is 1. The number of rotatable bonds is 5. The van der Waals surface area contributed by atoms with Crippen LogP contribution in [0.2, 0.25) is 0 Å². The van der Waals surface area contributed by atoms with E-state index in [1.165, 1.54) is 13.4 Å². The molecule has 1 aromatic heterocycles. The van der Waals surface area contributed by atoms with Crippen molar-refractivity contribution in [3.05, 3.63) is 46.7 Å². The summed E-state index contributed by atoms with van der Waals surface area (Å²) in [6.45, 7) is 0. The van der Waals surface area contributed by atoms with Crippen LogP contribution < -0.4 is 10.2 Å². The number of ether oxygens (including phenoxy) is 1. The van der Waals surface area contributed by atoms with Crippen LogP contribution in [0.4, 0.5) is 11.6 Å². The van der Waals surface area contributed by atoms with Gasteiger partial charge in [0.2, 0.25) is 0 Å². The molecule has 1 amide bonds. The van der Waals surface area contributed by atoms with Crippen LogP contribution in [-0.2, 0) is 9.53 Å². The Morgan fingerprint density at radius 2 is 2.05 bits per heavy atom. The molecule has 2 rings (SSSR count). The van der Waals surface area contributed by atoms with Crippen LogP contribution in [0.1, 0.15) is 11.7 Å². The highest BCUT2D eigenvalue weighted by atomic mass is 79.9. The van der Waals surface area contributed by atoms with Gasteiger partial charge < -0.3 is 15.0 Å². The summed E-state index contributed by atoms with van der Waals surface area (Å²) in [4.78, 5) is 22.4. The van der Waals surface area contributed by atoms with E-state index in [4.69, 9.17) is 4.74 Å². The Morgan fingerprint density at radius 1 is 1.32 bits per heavy atom. The second-order valence-electron chi connectivity index (χ2n) is 4.78. The molecule has 0 spiro atoms. The van der Waals surface area contributed by atoms with Crippen molar-refractivity contribution in [1.82, 2.24) is 9.97 Å². The van der Waals surface area contributed by atoms with Crippen LogP contribution in [0, 0.1) is 0 Å². The molecule has 6 nitrogen and oxygen atoms in total. The summed E-state index contributed by atoms with van der Waals surface area (Å²) in [5, 5.41) is 2.75. The van der Waals surface area contributed by atoms with E-state index in [1.54, 1.807) is 6.07 Å². The number of hydrogen-bond donors (Lipinski definition) is 1. The summed E-state index contributed by atoms with van der Waals surface area (Å²) in [5.41, 5.74) is 0.754. The Kier molecular flexibility index (Phi) is 5.46. The van der Waals surface area contributed by atoms with Gasteiger partial charge in [0, 0.05) is 37.3 Å². The fourth-order valence-corrected chi connectivity index (χ4v) is 2.41. The molecule has 1 N–H and O–H groups in total. The van der Waals surface area contributed by atoms with Crippen molar-refractivity contribution in [2.45, 2.75) is 6.10 Å². The van der Waals surface area contributed by atoms with Gasteiger partial charge in [0.05, 0.1) is 0 Å². The number of amides is 1. The second-order valence-corrected chi connectivity index (χ2v) is 5.64. The zero-order valence-corrected chi connectivity index (χ0v) is 14.2. The maximum absolute atomic E-state index is 12.4. The third kappa shape index (κ3) is 3.80. The molecule has 0 saturated carbocycles. The predicted molar refractivity (Wildman–Crippen MR) is 88.9 cm³/mol. The molecule has 1 aromatic carbocycles. The quantitative estimate of drug-likeness (QED) is 0.883. The molecule has 116 valence electrons. The lowest BCUT2D eigenvalue weighted by Crippen LogP contribution is -2.23. The smallest absolute Gasteiger partial charge is 0.259 e. The molecule has 0 aliphatic rings. The van der Waals surface area contributed by atoms with Gasteiger partial charge in [-0.3, -0.25) is 4.79 Å². The first-order chi connectivity index (χ1) is 10.5. The summed E-state index contributed by atoms with van der Waals surface area (Å²) >= 11 is 3.43. The summed E-state index contributed by atoms with van der Waals surface area (Å²) < 4.78 is 6.15. The van der Waals surface area contributed by atoms with E-state index in [0.29, 0.717) is 11.6 Å². The number of anilines is 2. The lowest BCUT2D eigenvalue weighted by atomic mass is 10.1. The highest BCUT2D eigenvalue weighted by Crippen LogP contribution is 2.26. The number of benzene rings is 1. The fourth-order valence-electron chi connectivity index (χ4n) is 1.91. The molecule has 0 fully saturated rings. The number of nitrogens with one attached hydrogen (secondary N) is 1. The van der Waals surface area contributed by atoms with Crippen LogP contribution in [0.15, 0.2) is 41.1 Å². The third-order valence-corrected chi connectivity index (χ3v) is 3.75. The van der Waals surface area contributed by atoms with Crippen molar-refractivity contribution in [3.8, 4) is 0 Å². The van der Waals surface area contributed by atoms with Crippen molar-refractivity contribution in [2.75, 3.05) is 31.4 Å². The van der Waals surface area contributed by atoms with Crippen molar-refractivity contribution in [1.29, 1.82) is 0 Å². The molecule has 0 aliphatic carbocycles. The normalized spacial score (nSPS) is 11.8. The van der Waals surface area contributed by atoms with E-state index in [-0.39, 0.29) is 5.91 Å². The Morgan fingerprint density at radius 3 is 2.68 bits per heavy atom. The zero-order chi connectivity index (χ0) is 16.1. The molecule has 0 aliphatic heterocycles. The minimum Gasteiger partial charge on any atom is -0.367 e. The summed E-state index contributed by atoms with van der Waals surface area (Å²) in [6, 6.07) is 9.14. The van der Waals surface area contributed by atoms with Gasteiger partial charge >= 0.3 is 0 Å². The van der Waals surface area contributed by atoms with E-state index < -0.39 is 6.10 Å². The first kappa shape index (κ1) is 16.4. The first-order valence-corrected chi connectivity index (χ1v) is 7.39. The minimum absolute atomic E-state index is 0.294. The predicted octanol–water partition coefficient (Wildman–Crippen LogP) is 2.63. The van der Waals surface area contributed by atoms with Crippen molar-refractivity contribution >= 4 is 33.5 Å². The SMILES string of the molecule is COC(C(=O)Nc1cc(N(C)C)ncn1)c1ccccc1Br. The lowest BCUT2D eigenvalue weighted by Gasteiger charge is -2.17. The Bertz CT molecular complexity index is 663. The number of halogens is 1. The lowest BCUT2D eigenvalue weighted by molar-refractivity contribution is -0.126. The van der Waals surface area contributed by atoms with Crippen LogP contribution >= 0.6 is 15.9 Å². The molecule has 1 unspecified atom stereocenters. The Balaban J connectivity index is 2.20. The summed E-state index contributed by atoms with van der Waals surface area (Å²) in [7, 11) is 5.23. The third-order valence-electron chi connectivity index (χ3n) is 3.02. The van der Waals surface area contributed by atoms with E-state index in [9.17, 15) is 4.79 Å². The van der Waals surface area contributed by atoms with Gasteiger partial charge in [0.1, 0.15) is 18.0 Å². The first-order valence-electron chi connectivity index (χ1n) is 6.60. The average Bonchev–Trinajstić information content (AvgIpc) is 2.50. The molecule has 0 saturated heterocycles. The highest BCUT2D eigenvalue weighted by Gasteiger charge is 2.22. The van der Waals surface area contributed by atoms with Gasteiger partial charge in [0.15, 0.2) is 6.10 Å². The Hall–Kier alpha value is -1.99. The number of nitrogens with zero attached hydrogens (tertiary/aromatic N) is 3. The Labute approximate surface area is 137 Å². The highest BCUT2D eigenvalue weighted by molar-refractivity contribution is 9.10. The molecule has 22 heavy (non-hydrogen) atoms. The van der Waals surface area contributed by atoms with Gasteiger partial charge in [-0.2, -0.15) is 0 Å². The molecule has 1 atom stereocenters. The van der Waals surface area contributed by atoms with E-state index in [0.717, 1.165) is 10.0 Å². The van der Waals surface area contributed by atoms with Crippen LogP contribution in [0.5, 0.6) is 0 Å². The molecule has 7 heteroatoms. The van der Waals surface area contributed by atoms with Gasteiger partial charge in [-0.15, -0.1) is 0 Å². The van der Waals surface area contributed by atoms with Gasteiger partial charge in [-0.25, -0.2) is 9.97 Å². The average molecular weight is 365 g/mol. The van der Waals surface area contributed by atoms with Crippen molar-refractivity contribution in [3.63, 3.8) is 0 Å². The van der Waals surface area contributed by atoms with E-state index in [1.807, 2.05) is 43.3 Å². The maximum Gasteiger partial charge on any atom is 0.259 e.